The number of hydrogen-bond donors (Lipinski definition) is 0. The lowest BCUT2D eigenvalue weighted by molar-refractivity contribution is -0.122. The van der Waals surface area contributed by atoms with E-state index in [-0.39, 0.29) is 5.41 Å². The highest BCUT2D eigenvalue weighted by molar-refractivity contribution is 5.81. The van der Waals surface area contributed by atoms with Crippen LogP contribution in [-0.2, 0) is 4.79 Å². The van der Waals surface area contributed by atoms with Crippen molar-refractivity contribution < 1.29 is 4.79 Å². The molecule has 0 amide bonds. The van der Waals surface area contributed by atoms with E-state index >= 15 is 0 Å². The molecular weight excluding hydrogens is 174 g/mol. The average Bonchev–Trinajstić information content (AvgIpc) is 2.02. The molecule has 0 aromatic heterocycles. The normalized spacial score (nSPS) is 19.6. The molecule has 1 aliphatic heterocycles. The molecule has 0 unspecified atom stereocenters. The fourth-order valence-corrected chi connectivity index (χ4v) is 2.01. The van der Waals surface area contributed by atoms with Crippen molar-refractivity contribution in [3.05, 3.63) is 0 Å². The molecule has 2 heteroatoms. The van der Waals surface area contributed by atoms with Crippen LogP contribution in [0.5, 0.6) is 0 Å². The molecule has 82 valence electrons. The summed E-state index contributed by atoms with van der Waals surface area (Å²) in [7, 11) is 0. The average molecular weight is 197 g/mol. The third-order valence-electron chi connectivity index (χ3n) is 2.58. The molecule has 1 saturated heterocycles. The summed E-state index contributed by atoms with van der Waals surface area (Å²) in [5.74, 6) is 0.402. The van der Waals surface area contributed by atoms with Gasteiger partial charge in [-0.05, 0) is 31.3 Å². The first-order valence-corrected chi connectivity index (χ1v) is 5.71. The van der Waals surface area contributed by atoms with Crippen LogP contribution in [-0.4, -0.2) is 30.3 Å². The SMILES string of the molecule is CC(C)(C)CC(=O)CN1CCCCC1. The molecule has 0 N–H and O–H groups in total. The fraction of sp³-hybridized carbons (Fsp3) is 0.917. The Labute approximate surface area is 87.7 Å². The zero-order valence-corrected chi connectivity index (χ0v) is 9.81. The molecule has 1 heterocycles. The number of piperidine rings is 1. The number of likely N-dealkylation sites (tertiary alicyclic amines) is 1. The van der Waals surface area contributed by atoms with Gasteiger partial charge in [-0.2, -0.15) is 0 Å². The Morgan fingerprint density at radius 1 is 1.14 bits per heavy atom. The van der Waals surface area contributed by atoms with Gasteiger partial charge >= 0.3 is 0 Å². The Balaban J connectivity index is 2.25. The minimum Gasteiger partial charge on any atom is -0.298 e. The van der Waals surface area contributed by atoms with Crippen LogP contribution in [0.15, 0.2) is 0 Å². The smallest absolute Gasteiger partial charge is 0.147 e. The van der Waals surface area contributed by atoms with Crippen LogP contribution in [0.3, 0.4) is 0 Å². The van der Waals surface area contributed by atoms with E-state index in [2.05, 4.69) is 25.7 Å². The molecule has 0 saturated carbocycles. The monoisotopic (exact) mass is 197 g/mol. The molecule has 0 radical (unpaired) electrons. The second kappa shape index (κ2) is 4.92. The summed E-state index contributed by atoms with van der Waals surface area (Å²) in [5, 5.41) is 0. The third kappa shape index (κ3) is 4.75. The second-order valence-electron chi connectivity index (χ2n) is 5.61. The molecule has 1 fully saturated rings. The molecule has 0 bridgehead atoms. The van der Waals surface area contributed by atoms with Crippen LogP contribution in [0.1, 0.15) is 46.5 Å². The van der Waals surface area contributed by atoms with Crippen molar-refractivity contribution in [2.75, 3.05) is 19.6 Å². The Morgan fingerprint density at radius 2 is 1.71 bits per heavy atom. The van der Waals surface area contributed by atoms with E-state index in [0.29, 0.717) is 18.7 Å². The van der Waals surface area contributed by atoms with Crippen molar-refractivity contribution in [2.45, 2.75) is 46.5 Å². The van der Waals surface area contributed by atoms with E-state index < -0.39 is 0 Å². The highest BCUT2D eigenvalue weighted by atomic mass is 16.1. The van der Waals surface area contributed by atoms with E-state index in [1.54, 1.807) is 0 Å². The number of carbonyl (C=O) groups is 1. The molecule has 0 aliphatic carbocycles. The first-order chi connectivity index (χ1) is 6.47. The summed E-state index contributed by atoms with van der Waals surface area (Å²) < 4.78 is 0. The van der Waals surface area contributed by atoms with Gasteiger partial charge in [0.2, 0.25) is 0 Å². The maximum absolute atomic E-state index is 11.7. The largest absolute Gasteiger partial charge is 0.298 e. The van der Waals surface area contributed by atoms with Gasteiger partial charge in [0.15, 0.2) is 0 Å². The summed E-state index contributed by atoms with van der Waals surface area (Å²) in [6, 6.07) is 0. The minimum atomic E-state index is 0.146. The first kappa shape index (κ1) is 11.7. The highest BCUT2D eigenvalue weighted by Gasteiger charge is 2.19. The van der Waals surface area contributed by atoms with Gasteiger partial charge in [0.25, 0.3) is 0 Å². The van der Waals surface area contributed by atoms with E-state index in [1.807, 2.05) is 0 Å². The van der Waals surface area contributed by atoms with Crippen molar-refractivity contribution in [2.24, 2.45) is 5.41 Å². The topological polar surface area (TPSA) is 20.3 Å². The fourth-order valence-electron chi connectivity index (χ4n) is 2.01. The van der Waals surface area contributed by atoms with Gasteiger partial charge in [0.1, 0.15) is 5.78 Å². The second-order valence-corrected chi connectivity index (χ2v) is 5.61. The van der Waals surface area contributed by atoms with Crippen LogP contribution in [0.4, 0.5) is 0 Å². The summed E-state index contributed by atoms with van der Waals surface area (Å²) in [5.41, 5.74) is 0.146. The molecule has 0 aromatic carbocycles. The molecule has 2 nitrogen and oxygen atoms in total. The van der Waals surface area contributed by atoms with E-state index in [1.165, 1.54) is 19.3 Å². The predicted molar refractivity (Wildman–Crippen MR) is 59.4 cm³/mol. The van der Waals surface area contributed by atoms with Crippen molar-refractivity contribution in [3.8, 4) is 0 Å². The van der Waals surface area contributed by atoms with Crippen molar-refractivity contribution in [1.29, 1.82) is 0 Å². The maximum atomic E-state index is 11.7. The first-order valence-electron chi connectivity index (χ1n) is 5.71. The highest BCUT2D eigenvalue weighted by Crippen LogP contribution is 2.19. The number of carbonyl (C=O) groups excluding carboxylic acids is 1. The lowest BCUT2D eigenvalue weighted by Gasteiger charge is -2.27. The molecular formula is C12H23NO. The van der Waals surface area contributed by atoms with Crippen molar-refractivity contribution >= 4 is 5.78 Å². The molecule has 1 rings (SSSR count). The van der Waals surface area contributed by atoms with Crippen LogP contribution in [0.25, 0.3) is 0 Å². The summed E-state index contributed by atoms with van der Waals surface area (Å²) in [6.45, 7) is 9.30. The van der Waals surface area contributed by atoms with Gasteiger partial charge in [-0.1, -0.05) is 27.2 Å². The summed E-state index contributed by atoms with van der Waals surface area (Å²) >= 11 is 0. The lowest BCUT2D eigenvalue weighted by Crippen LogP contribution is -2.35. The standard InChI is InChI=1S/C12H23NO/c1-12(2,3)9-11(14)10-13-7-5-4-6-8-13/h4-10H2,1-3H3. The molecule has 14 heavy (non-hydrogen) atoms. The Morgan fingerprint density at radius 3 is 2.21 bits per heavy atom. The minimum absolute atomic E-state index is 0.146. The Kier molecular flexibility index (Phi) is 4.11. The van der Waals surface area contributed by atoms with Crippen molar-refractivity contribution in [1.82, 2.24) is 4.90 Å². The van der Waals surface area contributed by atoms with E-state index in [4.69, 9.17) is 0 Å². The molecule has 0 spiro atoms. The summed E-state index contributed by atoms with van der Waals surface area (Å²) in [4.78, 5) is 14.0. The van der Waals surface area contributed by atoms with E-state index in [9.17, 15) is 4.79 Å². The van der Waals surface area contributed by atoms with Gasteiger partial charge < -0.3 is 0 Å². The molecule has 0 atom stereocenters. The predicted octanol–water partition coefficient (Wildman–Crippen LogP) is 2.48. The van der Waals surface area contributed by atoms with E-state index in [0.717, 1.165) is 13.1 Å². The number of hydrogen-bond acceptors (Lipinski definition) is 2. The zero-order valence-electron chi connectivity index (χ0n) is 9.81. The van der Waals surface area contributed by atoms with Gasteiger partial charge in [-0.15, -0.1) is 0 Å². The van der Waals surface area contributed by atoms with Gasteiger partial charge in [-0.3, -0.25) is 9.69 Å². The number of Topliss-reactive ketones (excluding diaryl/α,β-unsaturated/α-hetero) is 1. The van der Waals surface area contributed by atoms with Crippen molar-refractivity contribution in [3.63, 3.8) is 0 Å². The van der Waals surface area contributed by atoms with Gasteiger partial charge in [-0.25, -0.2) is 0 Å². The van der Waals surface area contributed by atoms with Crippen LogP contribution in [0, 0.1) is 5.41 Å². The molecule has 0 aromatic rings. The quantitative estimate of drug-likeness (QED) is 0.692. The van der Waals surface area contributed by atoms with Gasteiger partial charge in [0, 0.05) is 6.42 Å². The van der Waals surface area contributed by atoms with Crippen LogP contribution < -0.4 is 0 Å². The number of rotatable bonds is 3. The lowest BCUT2D eigenvalue weighted by atomic mass is 9.90. The number of ketones is 1. The van der Waals surface area contributed by atoms with Gasteiger partial charge in [0.05, 0.1) is 6.54 Å². The van der Waals surface area contributed by atoms with Crippen LogP contribution in [0.2, 0.25) is 0 Å². The third-order valence-corrected chi connectivity index (χ3v) is 2.58. The maximum Gasteiger partial charge on any atom is 0.147 e. The molecule has 1 aliphatic rings. The Bertz CT molecular complexity index is 187. The Hall–Kier alpha value is -0.370. The summed E-state index contributed by atoms with van der Waals surface area (Å²) in [6.07, 6.45) is 4.58. The number of nitrogens with zero attached hydrogens (tertiary/aromatic N) is 1. The zero-order chi connectivity index (χ0) is 10.6. The van der Waals surface area contributed by atoms with Crippen LogP contribution >= 0.6 is 0 Å².